The number of methoxy groups -OCH3 is 1. The molecule has 44 heavy (non-hydrogen) atoms. The van der Waals surface area contributed by atoms with Gasteiger partial charge >= 0.3 is 6.18 Å². The molecule has 0 radical (unpaired) electrons. The van der Waals surface area contributed by atoms with Gasteiger partial charge in [0.25, 0.3) is 11.8 Å². The van der Waals surface area contributed by atoms with Gasteiger partial charge < -0.3 is 24.7 Å². The first kappa shape index (κ1) is 29.1. The lowest BCUT2D eigenvalue weighted by atomic mass is 10.1. The van der Waals surface area contributed by atoms with Crippen molar-refractivity contribution in [1.29, 1.82) is 0 Å². The fraction of sp³-hybridized carbons (Fsp3) is 0.258. The third-order valence-electron chi connectivity index (χ3n) is 7.56. The first-order valence-electron chi connectivity index (χ1n) is 13.8. The molecule has 1 aliphatic heterocycles. The van der Waals surface area contributed by atoms with Crippen molar-refractivity contribution < 1.29 is 31.9 Å². The number of amides is 2. The van der Waals surface area contributed by atoms with Gasteiger partial charge in [-0.2, -0.15) is 13.2 Å². The third kappa shape index (κ3) is 5.19. The zero-order valence-corrected chi connectivity index (χ0v) is 23.8. The van der Waals surface area contributed by atoms with Gasteiger partial charge in [0.15, 0.2) is 11.5 Å². The normalized spacial score (nSPS) is 14.7. The lowest BCUT2D eigenvalue weighted by molar-refractivity contribution is -0.140. The predicted octanol–water partition coefficient (Wildman–Crippen LogP) is 5.08. The van der Waals surface area contributed by atoms with Gasteiger partial charge in [0.2, 0.25) is 5.89 Å². The maximum Gasteiger partial charge on any atom is 0.433 e. The SMILES string of the molecule is COc1ccc(-c2nc(C(=O)N3CCN(C(=O)c4nccc5ccccc45)CC3)c([C@H](C)N)o2)c2ccc(C(F)(F)F)nc12. The van der Waals surface area contributed by atoms with E-state index in [1.807, 2.05) is 30.3 Å². The van der Waals surface area contributed by atoms with Crippen molar-refractivity contribution in [3.8, 4) is 17.2 Å². The summed E-state index contributed by atoms with van der Waals surface area (Å²) in [4.78, 5) is 42.8. The van der Waals surface area contributed by atoms with Gasteiger partial charge in [0, 0.05) is 48.7 Å². The molecule has 1 saturated heterocycles. The van der Waals surface area contributed by atoms with Crippen molar-refractivity contribution in [1.82, 2.24) is 24.8 Å². The lowest BCUT2D eigenvalue weighted by Gasteiger charge is -2.34. The Morgan fingerprint density at radius 1 is 0.909 bits per heavy atom. The zero-order valence-electron chi connectivity index (χ0n) is 23.8. The van der Waals surface area contributed by atoms with Crippen LogP contribution >= 0.6 is 0 Å². The molecule has 226 valence electrons. The number of nitrogens with two attached hydrogens (primary N) is 1. The molecule has 2 aromatic carbocycles. The minimum absolute atomic E-state index is 0.00524. The molecule has 0 unspecified atom stereocenters. The number of benzene rings is 2. The standard InChI is InChI=1S/C31H27F3N6O4/c1-17(35)27-26(38-28(44-27)21-7-9-22(43-2)24-20(21)8-10-23(37-24)31(32,33)34)30(42)40-15-13-39(14-16-40)29(41)25-19-6-4-3-5-18(19)11-12-36-25/h3-12,17H,13-16,35H2,1-2H3/t17-/m0/s1. The van der Waals surface area contributed by atoms with Crippen LogP contribution in [0.25, 0.3) is 33.1 Å². The van der Waals surface area contributed by atoms with Crippen molar-refractivity contribution in [2.45, 2.75) is 19.1 Å². The molecule has 6 rings (SSSR count). The molecule has 1 atom stereocenters. The number of oxazole rings is 1. The van der Waals surface area contributed by atoms with Gasteiger partial charge in [-0.15, -0.1) is 0 Å². The van der Waals surface area contributed by atoms with Gasteiger partial charge in [0.1, 0.15) is 22.7 Å². The molecule has 0 bridgehead atoms. The van der Waals surface area contributed by atoms with E-state index in [1.54, 1.807) is 29.0 Å². The number of halogens is 3. The van der Waals surface area contributed by atoms with E-state index in [4.69, 9.17) is 14.9 Å². The van der Waals surface area contributed by atoms with Crippen LogP contribution in [0, 0.1) is 0 Å². The van der Waals surface area contributed by atoms with Crippen LogP contribution in [0.15, 0.2) is 65.2 Å². The number of pyridine rings is 2. The minimum Gasteiger partial charge on any atom is -0.494 e. The third-order valence-corrected chi connectivity index (χ3v) is 7.56. The second kappa shape index (κ2) is 11.2. The second-order valence-corrected chi connectivity index (χ2v) is 10.4. The summed E-state index contributed by atoms with van der Waals surface area (Å²) in [7, 11) is 1.33. The highest BCUT2D eigenvalue weighted by atomic mass is 19.4. The first-order chi connectivity index (χ1) is 21.1. The number of fused-ring (bicyclic) bond motifs is 2. The topological polar surface area (TPSA) is 128 Å². The van der Waals surface area contributed by atoms with E-state index >= 15 is 0 Å². The smallest absolute Gasteiger partial charge is 0.433 e. The maximum absolute atomic E-state index is 13.7. The number of aromatic nitrogens is 3. The summed E-state index contributed by atoms with van der Waals surface area (Å²) in [5.74, 6) is -0.380. The monoisotopic (exact) mass is 604 g/mol. The fourth-order valence-corrected chi connectivity index (χ4v) is 5.31. The zero-order chi connectivity index (χ0) is 31.2. The fourth-order valence-electron chi connectivity index (χ4n) is 5.31. The highest BCUT2D eigenvalue weighted by Crippen LogP contribution is 2.37. The molecule has 4 heterocycles. The summed E-state index contributed by atoms with van der Waals surface area (Å²) in [5.41, 5.74) is 5.71. The van der Waals surface area contributed by atoms with Gasteiger partial charge in [-0.1, -0.05) is 24.3 Å². The van der Waals surface area contributed by atoms with Gasteiger partial charge in [0.05, 0.1) is 13.2 Å². The average Bonchev–Trinajstić information content (AvgIpc) is 3.48. The number of piperazine rings is 1. The Balaban J connectivity index is 1.27. The summed E-state index contributed by atoms with van der Waals surface area (Å²) in [6, 6.07) is 13.8. The second-order valence-electron chi connectivity index (χ2n) is 10.4. The lowest BCUT2D eigenvalue weighted by Crippen LogP contribution is -2.51. The van der Waals surface area contributed by atoms with Crippen LogP contribution in [0.3, 0.4) is 0 Å². The highest BCUT2D eigenvalue weighted by Gasteiger charge is 2.34. The highest BCUT2D eigenvalue weighted by molar-refractivity contribution is 6.05. The molecule has 3 aromatic heterocycles. The Hall–Kier alpha value is -5.04. The number of ether oxygens (including phenoxy) is 1. The van der Waals surface area contributed by atoms with Crippen molar-refractivity contribution in [3.63, 3.8) is 0 Å². The van der Waals surface area contributed by atoms with Crippen LogP contribution in [-0.2, 0) is 6.18 Å². The van der Waals surface area contributed by atoms with E-state index in [9.17, 15) is 22.8 Å². The van der Waals surface area contributed by atoms with Crippen LogP contribution in [0.1, 0.15) is 45.4 Å². The number of nitrogens with zero attached hydrogens (tertiary/aromatic N) is 5. The van der Waals surface area contributed by atoms with Gasteiger partial charge in [-0.3, -0.25) is 14.6 Å². The van der Waals surface area contributed by atoms with Crippen LogP contribution in [0.4, 0.5) is 13.2 Å². The number of carbonyl (C=O) groups excluding carboxylic acids is 2. The Kier molecular flexibility index (Phi) is 7.41. The van der Waals surface area contributed by atoms with Crippen LogP contribution in [0.5, 0.6) is 5.75 Å². The predicted molar refractivity (Wildman–Crippen MR) is 155 cm³/mol. The van der Waals surface area contributed by atoms with E-state index in [2.05, 4.69) is 15.0 Å². The van der Waals surface area contributed by atoms with Gasteiger partial charge in [-0.25, -0.2) is 9.97 Å². The van der Waals surface area contributed by atoms with Crippen molar-refractivity contribution in [2.24, 2.45) is 5.73 Å². The number of hydrogen-bond donors (Lipinski definition) is 1. The van der Waals surface area contributed by atoms with Crippen molar-refractivity contribution in [2.75, 3.05) is 33.3 Å². The Bertz CT molecular complexity index is 1890. The molecule has 0 saturated carbocycles. The molecule has 10 nitrogen and oxygen atoms in total. The summed E-state index contributed by atoms with van der Waals surface area (Å²) < 4.78 is 51.4. The quantitative estimate of drug-likeness (QED) is 0.294. The molecule has 1 aliphatic rings. The van der Waals surface area contributed by atoms with Crippen LogP contribution < -0.4 is 10.5 Å². The maximum atomic E-state index is 13.7. The molecule has 1 fully saturated rings. The summed E-state index contributed by atoms with van der Waals surface area (Å²) in [5, 5.41) is 1.96. The molecule has 13 heteroatoms. The van der Waals surface area contributed by atoms with Crippen LogP contribution in [-0.4, -0.2) is 69.9 Å². The Morgan fingerprint density at radius 3 is 2.25 bits per heavy atom. The van der Waals surface area contributed by atoms with Crippen molar-refractivity contribution in [3.05, 3.63) is 83.6 Å². The number of rotatable bonds is 5. The molecule has 0 spiro atoms. The van der Waals surface area contributed by atoms with E-state index in [1.165, 1.54) is 19.2 Å². The molecular weight excluding hydrogens is 577 g/mol. The molecule has 2 amide bonds. The summed E-state index contributed by atoms with van der Waals surface area (Å²) >= 11 is 0. The molecule has 5 aromatic rings. The van der Waals surface area contributed by atoms with E-state index < -0.39 is 23.8 Å². The molecule has 2 N–H and O–H groups in total. The van der Waals surface area contributed by atoms with Crippen molar-refractivity contribution >= 4 is 33.5 Å². The summed E-state index contributed by atoms with van der Waals surface area (Å²) in [6.45, 7) is 2.68. The van der Waals surface area contributed by atoms with Gasteiger partial charge in [-0.05, 0) is 42.6 Å². The largest absolute Gasteiger partial charge is 0.494 e. The Labute approximate surface area is 249 Å². The minimum atomic E-state index is -4.65. The Morgan fingerprint density at radius 2 is 1.59 bits per heavy atom. The number of alkyl halides is 3. The van der Waals surface area contributed by atoms with Crippen LogP contribution in [0.2, 0.25) is 0 Å². The average molecular weight is 605 g/mol. The van der Waals surface area contributed by atoms with E-state index in [0.717, 1.165) is 16.8 Å². The summed E-state index contributed by atoms with van der Waals surface area (Å²) in [6.07, 6.45) is -3.05. The molecule has 0 aliphatic carbocycles. The number of carbonyl (C=O) groups is 2. The molecular formula is C31H27F3N6O4. The van der Waals surface area contributed by atoms with E-state index in [-0.39, 0.29) is 60.7 Å². The van der Waals surface area contributed by atoms with E-state index in [0.29, 0.717) is 16.6 Å². The number of hydrogen-bond acceptors (Lipinski definition) is 8. The first-order valence-corrected chi connectivity index (χ1v) is 13.8.